The minimum absolute atomic E-state index is 0.105. The topological polar surface area (TPSA) is 6.48 Å². The Kier molecular flexibility index (Phi) is 12.8. The van der Waals surface area contributed by atoms with Crippen LogP contribution in [0.2, 0.25) is 0 Å². The molecule has 0 radical (unpaired) electrons. The van der Waals surface area contributed by atoms with E-state index in [-0.39, 0.29) is 38.4 Å². The van der Waals surface area contributed by atoms with Crippen LogP contribution < -0.4 is 0 Å². The van der Waals surface area contributed by atoms with Gasteiger partial charge in [0.1, 0.15) is 0 Å². The first-order valence-corrected chi connectivity index (χ1v) is 16.2. The Morgan fingerprint density at radius 1 is 0.579 bits per heavy atom. The van der Waals surface area contributed by atoms with E-state index in [4.69, 9.17) is 0 Å². The van der Waals surface area contributed by atoms with Crippen LogP contribution in [0.15, 0.2) is 0 Å². The Balaban J connectivity index is 7.29. The maximum atomic E-state index is 2.76. The first-order valence-electron chi connectivity index (χ1n) is 16.2. The lowest BCUT2D eigenvalue weighted by molar-refractivity contribution is -0.173. The van der Waals surface area contributed by atoms with Gasteiger partial charge in [-0.3, -0.25) is 9.80 Å². The van der Waals surface area contributed by atoms with Crippen LogP contribution in [-0.4, -0.2) is 45.5 Å². The van der Waals surface area contributed by atoms with Crippen molar-refractivity contribution in [1.29, 1.82) is 0 Å². The highest BCUT2D eigenvalue weighted by Crippen LogP contribution is 2.67. The molecule has 0 aliphatic rings. The van der Waals surface area contributed by atoms with Crippen LogP contribution in [-0.2, 0) is 0 Å². The molecule has 2 nitrogen and oxygen atoms in total. The SMILES string of the molecule is CCCC(C)C(C(C)CC(C)(C)N(C)C(C)(C)C)(C(C)(C)CCC)C(C)(C)CC(C)(C)N(CC)C(C)(C)C. The van der Waals surface area contributed by atoms with Crippen molar-refractivity contribution in [2.45, 2.75) is 192 Å². The van der Waals surface area contributed by atoms with Crippen molar-refractivity contribution in [3.63, 3.8) is 0 Å². The van der Waals surface area contributed by atoms with Crippen LogP contribution in [0.1, 0.15) is 170 Å². The van der Waals surface area contributed by atoms with Crippen LogP contribution in [0, 0.1) is 28.1 Å². The van der Waals surface area contributed by atoms with Crippen molar-refractivity contribution in [3.05, 3.63) is 0 Å². The summed E-state index contributed by atoms with van der Waals surface area (Å²) in [4.78, 5) is 5.39. The Labute approximate surface area is 243 Å². The standard InChI is InChI=1S/C36H76N2/c1-21-24-28(4)36(32(12,13)25-22-2,29(5)26-34(16,17)37(20)30(6,7)8)33(14,15)27-35(18,19)38(23-3)31(9,10)11/h28-29H,21-27H2,1-20H3. The number of nitrogens with zero attached hydrogens (tertiary/aromatic N) is 2. The quantitative estimate of drug-likeness (QED) is 0.205. The van der Waals surface area contributed by atoms with E-state index in [1.807, 2.05) is 0 Å². The maximum Gasteiger partial charge on any atom is 0.0163 e. The molecule has 0 aliphatic heterocycles. The Hall–Kier alpha value is -0.0800. The molecule has 0 spiro atoms. The average molecular weight is 537 g/mol. The van der Waals surface area contributed by atoms with Gasteiger partial charge in [0.25, 0.3) is 0 Å². The van der Waals surface area contributed by atoms with Crippen molar-refractivity contribution in [2.24, 2.45) is 28.1 Å². The zero-order valence-corrected chi connectivity index (χ0v) is 30.5. The molecule has 38 heavy (non-hydrogen) atoms. The summed E-state index contributed by atoms with van der Waals surface area (Å²) in [5.41, 5.74) is 1.08. The lowest BCUT2D eigenvalue weighted by atomic mass is 9.40. The summed E-state index contributed by atoms with van der Waals surface area (Å²) < 4.78 is 0. The molecule has 2 heteroatoms. The van der Waals surface area contributed by atoms with E-state index in [0.29, 0.717) is 11.8 Å². The van der Waals surface area contributed by atoms with E-state index >= 15 is 0 Å². The van der Waals surface area contributed by atoms with Gasteiger partial charge in [-0.25, -0.2) is 0 Å². The van der Waals surface area contributed by atoms with Crippen LogP contribution in [0.25, 0.3) is 0 Å². The molecule has 0 amide bonds. The predicted molar refractivity (Wildman–Crippen MR) is 175 cm³/mol. The second kappa shape index (κ2) is 12.8. The second-order valence-corrected chi connectivity index (χ2v) is 17.6. The second-order valence-electron chi connectivity index (χ2n) is 17.6. The highest BCUT2D eigenvalue weighted by molar-refractivity contribution is 5.11. The third-order valence-corrected chi connectivity index (χ3v) is 10.8. The summed E-state index contributed by atoms with van der Waals surface area (Å²) in [6.45, 7) is 48.4. The summed E-state index contributed by atoms with van der Waals surface area (Å²) in [5, 5.41) is 0. The highest BCUT2D eigenvalue weighted by atomic mass is 15.2. The summed E-state index contributed by atoms with van der Waals surface area (Å²) in [5.74, 6) is 1.23. The Morgan fingerprint density at radius 3 is 1.39 bits per heavy atom. The lowest BCUT2D eigenvalue weighted by Gasteiger charge is -2.66. The third-order valence-electron chi connectivity index (χ3n) is 10.8. The molecule has 0 heterocycles. The molecule has 0 rings (SSSR count). The number of hydrogen-bond donors (Lipinski definition) is 0. The van der Waals surface area contributed by atoms with E-state index in [1.54, 1.807) is 0 Å². The van der Waals surface area contributed by atoms with Crippen molar-refractivity contribution in [3.8, 4) is 0 Å². The first kappa shape index (κ1) is 37.9. The predicted octanol–water partition coefficient (Wildman–Crippen LogP) is 11.1. The molecule has 230 valence electrons. The third kappa shape index (κ3) is 8.02. The van der Waals surface area contributed by atoms with Crippen LogP contribution in [0.4, 0.5) is 0 Å². The van der Waals surface area contributed by atoms with Gasteiger partial charge < -0.3 is 0 Å². The molecule has 0 aromatic heterocycles. The summed E-state index contributed by atoms with van der Waals surface area (Å²) in [6.07, 6.45) is 7.49. The molecule has 0 fully saturated rings. The van der Waals surface area contributed by atoms with E-state index in [2.05, 4.69) is 148 Å². The fourth-order valence-electron chi connectivity index (χ4n) is 10.7. The molecule has 0 saturated carbocycles. The van der Waals surface area contributed by atoms with Gasteiger partial charge in [0.15, 0.2) is 0 Å². The smallest absolute Gasteiger partial charge is 0.0163 e. The molecular weight excluding hydrogens is 460 g/mol. The van der Waals surface area contributed by atoms with Gasteiger partial charge in [0.05, 0.1) is 0 Å². The number of hydrogen-bond acceptors (Lipinski definition) is 2. The maximum absolute atomic E-state index is 2.76. The molecule has 0 saturated heterocycles. The zero-order valence-electron chi connectivity index (χ0n) is 30.5. The van der Waals surface area contributed by atoms with Gasteiger partial charge in [0.2, 0.25) is 0 Å². The van der Waals surface area contributed by atoms with Gasteiger partial charge >= 0.3 is 0 Å². The van der Waals surface area contributed by atoms with Gasteiger partial charge in [-0.1, -0.05) is 81.6 Å². The molecule has 0 N–H and O–H groups in total. The van der Waals surface area contributed by atoms with E-state index in [1.165, 1.54) is 38.5 Å². The van der Waals surface area contributed by atoms with Crippen molar-refractivity contribution < 1.29 is 0 Å². The summed E-state index contributed by atoms with van der Waals surface area (Å²) in [6, 6.07) is 0. The molecule has 0 aliphatic carbocycles. The summed E-state index contributed by atoms with van der Waals surface area (Å²) >= 11 is 0. The first-order chi connectivity index (χ1) is 16.7. The molecule has 3 unspecified atom stereocenters. The molecule has 3 atom stereocenters. The van der Waals surface area contributed by atoms with Crippen molar-refractivity contribution in [1.82, 2.24) is 9.80 Å². The van der Waals surface area contributed by atoms with Gasteiger partial charge in [-0.15, -0.1) is 0 Å². The minimum Gasteiger partial charge on any atom is -0.296 e. The van der Waals surface area contributed by atoms with Crippen LogP contribution >= 0.6 is 0 Å². The molecule has 0 aromatic rings. The van der Waals surface area contributed by atoms with E-state index in [0.717, 1.165) is 6.54 Å². The molecule has 0 bridgehead atoms. The molecular formula is C36H76N2. The fourth-order valence-corrected chi connectivity index (χ4v) is 10.7. The normalized spacial score (nSPS) is 18.2. The van der Waals surface area contributed by atoms with Gasteiger partial charge in [-0.05, 0) is 130 Å². The van der Waals surface area contributed by atoms with Gasteiger partial charge in [-0.2, -0.15) is 0 Å². The van der Waals surface area contributed by atoms with Crippen molar-refractivity contribution in [2.75, 3.05) is 13.6 Å². The average Bonchev–Trinajstić information content (AvgIpc) is 2.64. The number of rotatable bonds is 15. The minimum atomic E-state index is 0.105. The Morgan fingerprint density at radius 2 is 1.05 bits per heavy atom. The monoisotopic (exact) mass is 537 g/mol. The zero-order chi connectivity index (χ0) is 30.8. The lowest BCUT2D eigenvalue weighted by Crippen LogP contribution is -2.63. The fraction of sp³-hybridized carbons (Fsp3) is 1.00. The van der Waals surface area contributed by atoms with E-state index < -0.39 is 0 Å². The van der Waals surface area contributed by atoms with Gasteiger partial charge in [0, 0.05) is 22.2 Å². The van der Waals surface area contributed by atoms with E-state index in [9.17, 15) is 0 Å². The van der Waals surface area contributed by atoms with Crippen LogP contribution in [0.3, 0.4) is 0 Å². The highest BCUT2D eigenvalue weighted by Gasteiger charge is 2.61. The summed E-state index contributed by atoms with van der Waals surface area (Å²) in [7, 11) is 2.35. The Bertz CT molecular complexity index is 700. The van der Waals surface area contributed by atoms with Crippen molar-refractivity contribution >= 4 is 0 Å². The van der Waals surface area contributed by atoms with Crippen LogP contribution in [0.5, 0.6) is 0 Å². The largest absolute Gasteiger partial charge is 0.296 e. The molecule has 0 aromatic carbocycles.